The van der Waals surface area contributed by atoms with E-state index in [9.17, 15) is 0 Å². The molecule has 0 spiro atoms. The zero-order chi connectivity index (χ0) is 17.3. The fourth-order valence-corrected chi connectivity index (χ4v) is 3.05. The van der Waals surface area contributed by atoms with E-state index in [1.807, 2.05) is 12.1 Å². The highest BCUT2D eigenvalue weighted by atomic mass is 15.0. The van der Waals surface area contributed by atoms with E-state index in [1.54, 1.807) is 0 Å². The summed E-state index contributed by atoms with van der Waals surface area (Å²) in [5, 5.41) is 0. The molecule has 0 aliphatic carbocycles. The SMILES string of the molecule is CCc1ccc(-c2ccc(N)cc2)n1-c1ccc(C(C)(C)C)cc1. The monoisotopic (exact) mass is 318 g/mol. The molecule has 0 aliphatic rings. The summed E-state index contributed by atoms with van der Waals surface area (Å²) in [4.78, 5) is 0. The van der Waals surface area contributed by atoms with Crippen molar-refractivity contribution in [2.24, 2.45) is 0 Å². The molecule has 0 fully saturated rings. The second-order valence-electron chi connectivity index (χ2n) is 7.32. The van der Waals surface area contributed by atoms with E-state index in [1.165, 1.54) is 28.2 Å². The zero-order valence-electron chi connectivity index (χ0n) is 15.0. The van der Waals surface area contributed by atoms with Gasteiger partial charge in [0, 0.05) is 17.1 Å². The van der Waals surface area contributed by atoms with Crippen molar-refractivity contribution in [3.63, 3.8) is 0 Å². The van der Waals surface area contributed by atoms with Crippen LogP contribution in [0, 0.1) is 0 Å². The molecule has 0 unspecified atom stereocenters. The van der Waals surface area contributed by atoms with Crippen molar-refractivity contribution < 1.29 is 0 Å². The van der Waals surface area contributed by atoms with Crippen molar-refractivity contribution in [2.45, 2.75) is 39.5 Å². The fraction of sp³-hybridized carbons (Fsp3) is 0.273. The van der Waals surface area contributed by atoms with Crippen molar-refractivity contribution in [1.82, 2.24) is 4.57 Å². The highest BCUT2D eigenvalue weighted by Crippen LogP contribution is 2.29. The number of nitrogen functional groups attached to an aromatic ring is 1. The Morgan fingerprint density at radius 1 is 0.833 bits per heavy atom. The molecule has 0 saturated heterocycles. The minimum atomic E-state index is 0.169. The second kappa shape index (κ2) is 6.20. The number of benzene rings is 2. The first-order valence-electron chi connectivity index (χ1n) is 8.57. The quantitative estimate of drug-likeness (QED) is 0.627. The van der Waals surface area contributed by atoms with E-state index in [0.29, 0.717) is 0 Å². The number of rotatable bonds is 3. The van der Waals surface area contributed by atoms with Gasteiger partial charge in [-0.25, -0.2) is 0 Å². The number of anilines is 1. The van der Waals surface area contributed by atoms with Crippen LogP contribution in [0.2, 0.25) is 0 Å². The maximum atomic E-state index is 5.84. The molecule has 0 radical (unpaired) electrons. The molecule has 0 amide bonds. The first-order valence-corrected chi connectivity index (χ1v) is 8.57. The third-order valence-electron chi connectivity index (χ3n) is 4.52. The highest BCUT2D eigenvalue weighted by Gasteiger charge is 2.15. The van der Waals surface area contributed by atoms with E-state index >= 15 is 0 Å². The van der Waals surface area contributed by atoms with Crippen molar-refractivity contribution >= 4 is 5.69 Å². The number of aromatic nitrogens is 1. The van der Waals surface area contributed by atoms with E-state index in [-0.39, 0.29) is 5.41 Å². The van der Waals surface area contributed by atoms with Gasteiger partial charge in [0.15, 0.2) is 0 Å². The molecular weight excluding hydrogens is 292 g/mol. The van der Waals surface area contributed by atoms with Crippen LogP contribution in [0.1, 0.15) is 39.0 Å². The molecule has 1 aromatic heterocycles. The van der Waals surface area contributed by atoms with Crippen molar-refractivity contribution in [1.29, 1.82) is 0 Å². The lowest BCUT2D eigenvalue weighted by atomic mass is 9.87. The minimum Gasteiger partial charge on any atom is -0.399 e. The average molecular weight is 318 g/mol. The van der Waals surface area contributed by atoms with E-state index in [2.05, 4.69) is 80.8 Å². The summed E-state index contributed by atoms with van der Waals surface area (Å²) in [6, 6.07) is 21.4. The van der Waals surface area contributed by atoms with Crippen LogP contribution in [0.3, 0.4) is 0 Å². The third-order valence-corrected chi connectivity index (χ3v) is 4.52. The molecule has 124 valence electrons. The molecule has 0 bridgehead atoms. The lowest BCUT2D eigenvalue weighted by molar-refractivity contribution is 0.590. The smallest absolute Gasteiger partial charge is 0.0531 e. The molecule has 2 aromatic carbocycles. The molecule has 1 heterocycles. The standard InChI is InChI=1S/C22H26N2/c1-5-19-14-15-21(16-6-10-18(23)11-7-16)24(19)20-12-8-17(9-13-20)22(2,3)4/h6-15H,5,23H2,1-4H3. The van der Waals surface area contributed by atoms with Crippen LogP contribution in [-0.4, -0.2) is 4.57 Å². The van der Waals surface area contributed by atoms with Gasteiger partial charge in [-0.05, 0) is 59.4 Å². The van der Waals surface area contributed by atoms with E-state index < -0.39 is 0 Å². The Kier molecular flexibility index (Phi) is 4.23. The number of nitrogens with zero attached hydrogens (tertiary/aromatic N) is 1. The molecular formula is C22H26N2. The van der Waals surface area contributed by atoms with Gasteiger partial charge in [-0.1, -0.05) is 52.0 Å². The predicted octanol–water partition coefficient (Wildman–Crippen LogP) is 5.59. The van der Waals surface area contributed by atoms with Gasteiger partial charge in [0.2, 0.25) is 0 Å². The Labute approximate surface area is 144 Å². The molecule has 0 atom stereocenters. The van der Waals surface area contributed by atoms with Gasteiger partial charge in [-0.15, -0.1) is 0 Å². The number of nitrogens with two attached hydrogens (primary N) is 1. The molecule has 3 rings (SSSR count). The number of aryl methyl sites for hydroxylation is 1. The normalized spacial score (nSPS) is 11.7. The first-order chi connectivity index (χ1) is 11.4. The highest BCUT2D eigenvalue weighted by molar-refractivity contribution is 5.66. The second-order valence-corrected chi connectivity index (χ2v) is 7.32. The fourth-order valence-electron chi connectivity index (χ4n) is 3.05. The molecule has 2 N–H and O–H groups in total. The van der Waals surface area contributed by atoms with Crippen LogP contribution in [0.15, 0.2) is 60.7 Å². The Hall–Kier alpha value is -2.48. The summed E-state index contributed by atoms with van der Waals surface area (Å²) >= 11 is 0. The van der Waals surface area contributed by atoms with Gasteiger partial charge < -0.3 is 10.3 Å². The maximum Gasteiger partial charge on any atom is 0.0531 e. The van der Waals surface area contributed by atoms with Crippen LogP contribution >= 0.6 is 0 Å². The summed E-state index contributed by atoms with van der Waals surface area (Å²) in [6.45, 7) is 8.93. The molecule has 24 heavy (non-hydrogen) atoms. The lowest BCUT2D eigenvalue weighted by Crippen LogP contribution is -2.11. The molecule has 2 heteroatoms. The minimum absolute atomic E-state index is 0.169. The Balaban J connectivity index is 2.10. The molecule has 3 aromatic rings. The van der Waals surface area contributed by atoms with Gasteiger partial charge >= 0.3 is 0 Å². The number of hydrogen-bond acceptors (Lipinski definition) is 1. The predicted molar refractivity (Wildman–Crippen MR) is 104 cm³/mol. The Morgan fingerprint density at radius 2 is 1.46 bits per heavy atom. The van der Waals surface area contributed by atoms with Crippen molar-refractivity contribution in [3.05, 3.63) is 71.9 Å². The third kappa shape index (κ3) is 3.09. The Morgan fingerprint density at radius 3 is 2.00 bits per heavy atom. The molecule has 0 aliphatic heterocycles. The average Bonchev–Trinajstić information content (AvgIpc) is 2.99. The zero-order valence-corrected chi connectivity index (χ0v) is 15.0. The lowest BCUT2D eigenvalue weighted by Gasteiger charge is -2.20. The number of hydrogen-bond donors (Lipinski definition) is 1. The molecule has 2 nitrogen and oxygen atoms in total. The Bertz CT molecular complexity index is 816. The van der Waals surface area contributed by atoms with Crippen LogP contribution in [0.4, 0.5) is 5.69 Å². The van der Waals surface area contributed by atoms with Gasteiger partial charge in [0.05, 0.1) is 5.69 Å². The van der Waals surface area contributed by atoms with E-state index in [0.717, 1.165) is 12.1 Å². The van der Waals surface area contributed by atoms with Crippen LogP contribution in [0.5, 0.6) is 0 Å². The topological polar surface area (TPSA) is 30.9 Å². The summed E-state index contributed by atoms with van der Waals surface area (Å²) in [6.07, 6.45) is 0.996. The van der Waals surface area contributed by atoms with E-state index in [4.69, 9.17) is 5.73 Å². The molecule has 0 saturated carbocycles. The van der Waals surface area contributed by atoms with Gasteiger partial charge in [0.1, 0.15) is 0 Å². The van der Waals surface area contributed by atoms with Gasteiger partial charge in [-0.2, -0.15) is 0 Å². The van der Waals surface area contributed by atoms with Crippen molar-refractivity contribution in [2.75, 3.05) is 5.73 Å². The van der Waals surface area contributed by atoms with Crippen LogP contribution < -0.4 is 5.73 Å². The maximum absolute atomic E-state index is 5.84. The summed E-state index contributed by atoms with van der Waals surface area (Å²) < 4.78 is 2.35. The summed E-state index contributed by atoms with van der Waals surface area (Å²) in [5.74, 6) is 0. The van der Waals surface area contributed by atoms with Crippen molar-refractivity contribution in [3.8, 4) is 16.9 Å². The summed E-state index contributed by atoms with van der Waals surface area (Å²) in [7, 11) is 0. The van der Waals surface area contributed by atoms with Crippen LogP contribution in [0.25, 0.3) is 16.9 Å². The summed E-state index contributed by atoms with van der Waals surface area (Å²) in [5.41, 5.74) is 13.1. The van der Waals surface area contributed by atoms with Gasteiger partial charge in [0.25, 0.3) is 0 Å². The first kappa shape index (κ1) is 16.4. The van der Waals surface area contributed by atoms with Gasteiger partial charge in [-0.3, -0.25) is 0 Å². The largest absolute Gasteiger partial charge is 0.399 e. The van der Waals surface area contributed by atoms with Crippen LogP contribution in [-0.2, 0) is 11.8 Å².